The summed E-state index contributed by atoms with van der Waals surface area (Å²) in [6.45, 7) is 0. The molecular weight excluding hydrogens is 383 g/mol. The molecule has 138 valence electrons. The Bertz CT molecular complexity index is 961. The molecule has 1 saturated carbocycles. The first-order valence-electron chi connectivity index (χ1n) is 7.77. The summed E-state index contributed by atoms with van der Waals surface area (Å²) < 4.78 is 45.6. The minimum absolute atomic E-state index is 0.00528. The van der Waals surface area contributed by atoms with Gasteiger partial charge in [-0.05, 0) is 49.2 Å². The number of hydrogen-bond donors (Lipinski definition) is 2. The Labute approximate surface area is 155 Å². The van der Waals surface area contributed by atoms with E-state index in [9.17, 15) is 17.6 Å². The number of ether oxygens (including phenoxy) is 1. The Hall–Kier alpha value is -2.16. The molecular formula is C17H16ClFN2O4S. The molecule has 1 aliphatic rings. The highest BCUT2D eigenvalue weighted by molar-refractivity contribution is 7.89. The number of anilines is 1. The van der Waals surface area contributed by atoms with Gasteiger partial charge < -0.3 is 10.1 Å². The van der Waals surface area contributed by atoms with Crippen molar-refractivity contribution < 1.29 is 22.3 Å². The molecule has 9 heteroatoms. The van der Waals surface area contributed by atoms with Crippen LogP contribution in [0.25, 0.3) is 0 Å². The van der Waals surface area contributed by atoms with Crippen molar-refractivity contribution in [1.82, 2.24) is 4.72 Å². The standard InChI is InChI=1S/C17H16ClFN2O4S/c1-25-16-7-5-12(26(23,24)21-11-3-4-11)9-15(16)20-17(22)13-6-2-10(19)8-14(13)18/h2,5-9,11,21H,3-4H2,1H3,(H,20,22). The summed E-state index contributed by atoms with van der Waals surface area (Å²) in [4.78, 5) is 12.4. The Morgan fingerprint density at radius 3 is 2.58 bits per heavy atom. The smallest absolute Gasteiger partial charge is 0.257 e. The summed E-state index contributed by atoms with van der Waals surface area (Å²) in [5.41, 5.74) is 0.219. The largest absolute Gasteiger partial charge is 0.495 e. The topological polar surface area (TPSA) is 84.5 Å². The molecule has 0 aromatic heterocycles. The quantitative estimate of drug-likeness (QED) is 0.782. The third kappa shape index (κ3) is 4.14. The van der Waals surface area contributed by atoms with Crippen molar-refractivity contribution >= 4 is 33.2 Å². The van der Waals surface area contributed by atoms with E-state index in [1.807, 2.05) is 0 Å². The van der Waals surface area contributed by atoms with Gasteiger partial charge in [-0.2, -0.15) is 0 Å². The summed E-state index contributed by atoms with van der Waals surface area (Å²) in [6, 6.07) is 7.48. The molecule has 1 aliphatic carbocycles. The number of nitrogens with one attached hydrogen (secondary N) is 2. The summed E-state index contributed by atoms with van der Waals surface area (Å²) in [7, 11) is -2.30. The number of amides is 1. The molecule has 0 heterocycles. The molecule has 0 radical (unpaired) electrons. The fraction of sp³-hybridized carbons (Fsp3) is 0.235. The number of hydrogen-bond acceptors (Lipinski definition) is 4. The van der Waals surface area contributed by atoms with Crippen LogP contribution in [0.2, 0.25) is 5.02 Å². The zero-order chi connectivity index (χ0) is 18.9. The van der Waals surface area contributed by atoms with E-state index in [1.54, 1.807) is 0 Å². The molecule has 2 N–H and O–H groups in total. The molecule has 0 atom stereocenters. The van der Waals surface area contributed by atoms with Crippen molar-refractivity contribution in [2.24, 2.45) is 0 Å². The second-order valence-electron chi connectivity index (χ2n) is 5.84. The molecule has 0 spiro atoms. The van der Waals surface area contributed by atoms with Crippen molar-refractivity contribution in [3.05, 3.63) is 52.8 Å². The van der Waals surface area contributed by atoms with Gasteiger partial charge in [0.05, 0.1) is 28.3 Å². The van der Waals surface area contributed by atoms with E-state index in [-0.39, 0.29) is 33.0 Å². The molecule has 2 aromatic carbocycles. The van der Waals surface area contributed by atoms with E-state index in [1.165, 1.54) is 31.4 Å². The van der Waals surface area contributed by atoms with Gasteiger partial charge in [0.25, 0.3) is 5.91 Å². The lowest BCUT2D eigenvalue weighted by atomic mass is 10.2. The van der Waals surface area contributed by atoms with E-state index < -0.39 is 21.7 Å². The van der Waals surface area contributed by atoms with Gasteiger partial charge in [-0.1, -0.05) is 11.6 Å². The van der Waals surface area contributed by atoms with Gasteiger partial charge in [0.1, 0.15) is 11.6 Å². The van der Waals surface area contributed by atoms with Gasteiger partial charge in [0.2, 0.25) is 10.0 Å². The number of halogens is 2. The zero-order valence-corrected chi connectivity index (χ0v) is 15.3. The Morgan fingerprint density at radius 1 is 1.23 bits per heavy atom. The lowest BCUT2D eigenvalue weighted by Crippen LogP contribution is -2.26. The van der Waals surface area contributed by atoms with Gasteiger partial charge in [-0.3, -0.25) is 4.79 Å². The maximum atomic E-state index is 13.1. The van der Waals surface area contributed by atoms with Crippen molar-refractivity contribution in [3.63, 3.8) is 0 Å². The molecule has 3 rings (SSSR count). The molecule has 26 heavy (non-hydrogen) atoms. The van der Waals surface area contributed by atoms with Crippen LogP contribution < -0.4 is 14.8 Å². The summed E-state index contributed by atoms with van der Waals surface area (Å²) in [5, 5.41) is 2.50. The predicted molar refractivity (Wildman–Crippen MR) is 95.7 cm³/mol. The molecule has 6 nitrogen and oxygen atoms in total. The van der Waals surface area contributed by atoms with Crippen molar-refractivity contribution in [1.29, 1.82) is 0 Å². The summed E-state index contributed by atoms with van der Waals surface area (Å²) in [5.74, 6) is -0.900. The van der Waals surface area contributed by atoms with Gasteiger partial charge in [-0.15, -0.1) is 0 Å². The van der Waals surface area contributed by atoms with Crippen LogP contribution in [0.15, 0.2) is 41.3 Å². The first-order valence-corrected chi connectivity index (χ1v) is 9.63. The fourth-order valence-electron chi connectivity index (χ4n) is 2.30. The third-order valence-electron chi connectivity index (χ3n) is 3.80. The summed E-state index contributed by atoms with van der Waals surface area (Å²) in [6.07, 6.45) is 1.62. The van der Waals surface area contributed by atoms with E-state index in [0.29, 0.717) is 0 Å². The lowest BCUT2D eigenvalue weighted by molar-refractivity contribution is 0.102. The van der Waals surface area contributed by atoms with Crippen molar-refractivity contribution in [3.8, 4) is 5.75 Å². The van der Waals surface area contributed by atoms with Crippen LogP contribution in [0.4, 0.5) is 10.1 Å². The average Bonchev–Trinajstić information content (AvgIpc) is 3.37. The van der Waals surface area contributed by atoms with Crippen LogP contribution >= 0.6 is 11.6 Å². The van der Waals surface area contributed by atoms with E-state index in [2.05, 4.69) is 10.0 Å². The van der Waals surface area contributed by atoms with E-state index >= 15 is 0 Å². The highest BCUT2D eigenvalue weighted by Gasteiger charge is 2.28. The molecule has 0 unspecified atom stereocenters. The number of methoxy groups -OCH3 is 1. The molecule has 1 amide bonds. The number of benzene rings is 2. The number of rotatable bonds is 6. The Kier molecular flexibility index (Phi) is 5.17. The number of carbonyl (C=O) groups is 1. The summed E-state index contributed by atoms with van der Waals surface area (Å²) >= 11 is 5.89. The molecule has 0 aliphatic heterocycles. The van der Waals surface area contributed by atoms with Gasteiger partial charge in [-0.25, -0.2) is 17.5 Å². The minimum atomic E-state index is -3.69. The van der Waals surface area contributed by atoms with Crippen LogP contribution in [0.1, 0.15) is 23.2 Å². The van der Waals surface area contributed by atoms with Crippen molar-refractivity contribution in [2.45, 2.75) is 23.8 Å². The Morgan fingerprint density at radius 2 is 1.96 bits per heavy atom. The average molecular weight is 399 g/mol. The first-order chi connectivity index (χ1) is 12.3. The second-order valence-corrected chi connectivity index (χ2v) is 7.96. The molecule has 1 fully saturated rings. The van der Waals surface area contributed by atoms with Gasteiger partial charge in [0, 0.05) is 6.04 Å². The van der Waals surface area contributed by atoms with Gasteiger partial charge in [0.15, 0.2) is 0 Å². The SMILES string of the molecule is COc1ccc(S(=O)(=O)NC2CC2)cc1NC(=O)c1ccc(F)cc1Cl. The van der Waals surface area contributed by atoms with Crippen LogP contribution in [0.5, 0.6) is 5.75 Å². The third-order valence-corrected chi connectivity index (χ3v) is 5.64. The monoisotopic (exact) mass is 398 g/mol. The highest BCUT2D eigenvalue weighted by Crippen LogP contribution is 2.30. The molecule has 0 bridgehead atoms. The maximum absolute atomic E-state index is 13.1. The lowest BCUT2D eigenvalue weighted by Gasteiger charge is -2.13. The van der Waals surface area contributed by atoms with Crippen molar-refractivity contribution in [2.75, 3.05) is 12.4 Å². The van der Waals surface area contributed by atoms with E-state index in [0.717, 1.165) is 25.0 Å². The second kappa shape index (κ2) is 7.22. The minimum Gasteiger partial charge on any atom is -0.495 e. The first kappa shape index (κ1) is 18.6. The van der Waals surface area contributed by atoms with Crippen LogP contribution in [0.3, 0.4) is 0 Å². The zero-order valence-electron chi connectivity index (χ0n) is 13.8. The van der Waals surface area contributed by atoms with Crippen LogP contribution in [-0.4, -0.2) is 27.5 Å². The van der Waals surface area contributed by atoms with E-state index in [4.69, 9.17) is 16.3 Å². The van der Waals surface area contributed by atoms with Gasteiger partial charge >= 0.3 is 0 Å². The fourth-order valence-corrected chi connectivity index (χ4v) is 3.89. The molecule has 2 aromatic rings. The highest BCUT2D eigenvalue weighted by atomic mass is 35.5. The number of sulfonamides is 1. The normalized spacial score (nSPS) is 14.1. The maximum Gasteiger partial charge on any atom is 0.257 e. The predicted octanol–water partition coefficient (Wildman–Crippen LogP) is 3.18. The molecule has 0 saturated heterocycles. The van der Waals surface area contributed by atoms with Crippen LogP contribution in [-0.2, 0) is 10.0 Å². The Balaban J connectivity index is 1.90. The number of carbonyl (C=O) groups excluding carboxylic acids is 1. The van der Waals surface area contributed by atoms with Crippen LogP contribution in [0, 0.1) is 5.82 Å².